The lowest BCUT2D eigenvalue weighted by molar-refractivity contribution is -0.384. The monoisotopic (exact) mass is 557 g/mol. The first-order valence-corrected chi connectivity index (χ1v) is 13.4. The molecule has 40 heavy (non-hydrogen) atoms. The summed E-state index contributed by atoms with van der Waals surface area (Å²) in [5.74, 6) is 1.21. The van der Waals surface area contributed by atoms with E-state index in [0.29, 0.717) is 10.9 Å². The minimum Gasteiger partial charge on any atom is -0.494 e. The summed E-state index contributed by atoms with van der Waals surface area (Å²) in [6, 6.07) is 20.1. The van der Waals surface area contributed by atoms with Gasteiger partial charge in [0.1, 0.15) is 11.5 Å². The molecule has 4 aromatic rings. The molecule has 206 valence electrons. The number of aromatic nitrogens is 2. The number of nitro benzene ring substituents is 1. The Labute approximate surface area is 238 Å². The molecule has 1 saturated heterocycles. The second-order valence-electron chi connectivity index (χ2n) is 9.93. The second-order valence-corrected chi connectivity index (χ2v) is 10.3. The Hall–Kier alpha value is -4.44. The molecule has 1 aliphatic rings. The smallest absolute Gasteiger partial charge is 0.273 e. The van der Waals surface area contributed by atoms with E-state index in [0.717, 1.165) is 39.8 Å². The Balaban J connectivity index is 1.64. The van der Waals surface area contributed by atoms with Gasteiger partial charge in [0.15, 0.2) is 5.11 Å². The van der Waals surface area contributed by atoms with E-state index in [1.54, 1.807) is 12.3 Å². The van der Waals surface area contributed by atoms with Gasteiger partial charge in [-0.2, -0.15) is 0 Å². The van der Waals surface area contributed by atoms with Crippen molar-refractivity contribution in [3.63, 3.8) is 0 Å². The molecule has 3 heterocycles. The molecular formula is C30H31N5O4S. The molecule has 1 aliphatic heterocycles. The van der Waals surface area contributed by atoms with E-state index in [-0.39, 0.29) is 23.9 Å². The molecule has 1 N–H and O–H groups in total. The van der Waals surface area contributed by atoms with E-state index >= 15 is 0 Å². The summed E-state index contributed by atoms with van der Waals surface area (Å²) in [7, 11) is 1.52. The summed E-state index contributed by atoms with van der Waals surface area (Å²) >= 11 is 5.90. The zero-order valence-corrected chi connectivity index (χ0v) is 23.8. The lowest BCUT2D eigenvalue weighted by atomic mass is 9.96. The summed E-state index contributed by atoms with van der Waals surface area (Å²) in [5, 5.41) is 15.5. The number of pyridine rings is 1. The number of nitrogens with one attached hydrogen (secondary N) is 1. The highest BCUT2D eigenvalue weighted by atomic mass is 32.1. The third-order valence-electron chi connectivity index (χ3n) is 6.99. The van der Waals surface area contributed by atoms with E-state index in [9.17, 15) is 10.1 Å². The fraction of sp³-hybridized carbons (Fsp3) is 0.267. The Morgan fingerprint density at radius 3 is 2.45 bits per heavy atom. The molecule has 0 aliphatic carbocycles. The number of benzene rings is 2. The van der Waals surface area contributed by atoms with E-state index in [1.807, 2.05) is 70.2 Å². The Bertz CT molecular complexity index is 1550. The van der Waals surface area contributed by atoms with E-state index < -0.39 is 4.92 Å². The summed E-state index contributed by atoms with van der Waals surface area (Å²) in [4.78, 5) is 17.7. The van der Waals surface area contributed by atoms with Gasteiger partial charge in [0, 0.05) is 29.3 Å². The number of anilines is 1. The van der Waals surface area contributed by atoms with Crippen LogP contribution in [0.4, 0.5) is 11.4 Å². The van der Waals surface area contributed by atoms with Gasteiger partial charge in [0.05, 0.1) is 47.7 Å². The van der Waals surface area contributed by atoms with Crippen molar-refractivity contribution in [2.45, 2.75) is 45.9 Å². The van der Waals surface area contributed by atoms with Crippen LogP contribution in [0.5, 0.6) is 11.5 Å². The normalized spacial score (nSPS) is 16.8. The van der Waals surface area contributed by atoms with Crippen LogP contribution in [0.25, 0.3) is 5.69 Å². The fourth-order valence-electron chi connectivity index (χ4n) is 5.33. The molecular weight excluding hydrogens is 526 g/mol. The molecule has 0 unspecified atom stereocenters. The van der Waals surface area contributed by atoms with Crippen molar-refractivity contribution in [3.8, 4) is 17.2 Å². The predicted molar refractivity (Wildman–Crippen MR) is 159 cm³/mol. The zero-order chi connectivity index (χ0) is 28.6. The molecule has 1 fully saturated rings. The maximum atomic E-state index is 11.4. The van der Waals surface area contributed by atoms with Crippen LogP contribution in [-0.4, -0.2) is 32.8 Å². The average Bonchev–Trinajstić information content (AvgIpc) is 3.43. The maximum absolute atomic E-state index is 11.4. The van der Waals surface area contributed by atoms with Crippen molar-refractivity contribution in [2.75, 3.05) is 12.0 Å². The first-order valence-electron chi connectivity index (χ1n) is 13.0. The highest BCUT2D eigenvalue weighted by Gasteiger charge is 2.42. The summed E-state index contributed by atoms with van der Waals surface area (Å²) in [5.41, 5.74) is 5.46. The Morgan fingerprint density at radius 1 is 1.07 bits per heavy atom. The van der Waals surface area contributed by atoms with E-state index in [1.165, 1.54) is 19.2 Å². The first kappa shape index (κ1) is 27.1. The molecule has 2 atom stereocenters. The van der Waals surface area contributed by atoms with Crippen molar-refractivity contribution in [1.82, 2.24) is 14.9 Å². The van der Waals surface area contributed by atoms with Crippen molar-refractivity contribution in [1.29, 1.82) is 0 Å². The number of rotatable bonds is 8. The fourth-order valence-corrected chi connectivity index (χ4v) is 5.67. The SMILES string of the molecule is COc1cc([N+](=O)[O-])ccc1-n1c(C)cc([C@H]2[C@@H](c3ccccn3)NC(=S)N2c2ccc(OC(C)C)cc2)c1C. The summed E-state index contributed by atoms with van der Waals surface area (Å²) in [6.45, 7) is 8.04. The minimum atomic E-state index is -0.426. The molecule has 0 bridgehead atoms. The highest BCUT2D eigenvalue weighted by Crippen LogP contribution is 2.44. The Kier molecular flexibility index (Phi) is 7.44. The lowest BCUT2D eigenvalue weighted by Crippen LogP contribution is -2.29. The van der Waals surface area contributed by atoms with E-state index in [4.69, 9.17) is 21.7 Å². The van der Waals surface area contributed by atoms with Gasteiger partial charge in [0.25, 0.3) is 5.69 Å². The van der Waals surface area contributed by atoms with Gasteiger partial charge in [0.2, 0.25) is 0 Å². The number of methoxy groups -OCH3 is 1. The summed E-state index contributed by atoms with van der Waals surface area (Å²) < 4.78 is 13.5. The molecule has 0 saturated carbocycles. The van der Waals surface area contributed by atoms with Crippen LogP contribution in [0.2, 0.25) is 0 Å². The summed E-state index contributed by atoms with van der Waals surface area (Å²) in [6.07, 6.45) is 1.85. The topological polar surface area (TPSA) is 94.7 Å². The van der Waals surface area contributed by atoms with Gasteiger partial charge in [-0.05, 0) is 94.0 Å². The molecule has 9 nitrogen and oxygen atoms in total. The standard InChI is InChI=1S/C30H31N5O4S/c1-18(2)39-23-12-9-21(10-13-23)34-29(28(32-30(34)40)25-8-6-7-15-31-25)24-16-19(3)33(20(24)4)26-14-11-22(35(36)37)17-27(26)38-5/h6-18,28-29H,1-5H3,(H,32,40)/t28-,29+/m1/s1. The lowest BCUT2D eigenvalue weighted by Gasteiger charge is -2.28. The molecule has 2 aromatic carbocycles. The molecule has 0 radical (unpaired) electrons. The van der Waals surface area contributed by atoms with Crippen LogP contribution in [0.3, 0.4) is 0 Å². The Morgan fingerprint density at radius 2 is 1.82 bits per heavy atom. The minimum absolute atomic E-state index is 0.0279. The van der Waals surface area contributed by atoms with Gasteiger partial charge < -0.3 is 24.3 Å². The molecule has 0 amide bonds. The third-order valence-corrected chi connectivity index (χ3v) is 7.30. The maximum Gasteiger partial charge on any atom is 0.273 e. The number of nitrogens with zero attached hydrogens (tertiary/aromatic N) is 4. The van der Waals surface area contributed by atoms with Crippen molar-refractivity contribution >= 4 is 28.7 Å². The van der Waals surface area contributed by atoms with Gasteiger partial charge in [-0.1, -0.05) is 6.07 Å². The second kappa shape index (κ2) is 11.0. The van der Waals surface area contributed by atoms with Crippen LogP contribution in [0, 0.1) is 24.0 Å². The quantitative estimate of drug-likeness (QED) is 0.152. The average molecular weight is 558 g/mol. The van der Waals surface area contributed by atoms with Crippen LogP contribution >= 0.6 is 12.2 Å². The number of ether oxygens (including phenoxy) is 2. The van der Waals surface area contributed by atoms with Crippen molar-refractivity contribution in [2.24, 2.45) is 0 Å². The number of non-ortho nitro benzene ring substituents is 1. The molecule has 5 rings (SSSR count). The van der Waals surface area contributed by atoms with Gasteiger partial charge in [-0.15, -0.1) is 0 Å². The third kappa shape index (κ3) is 4.98. The van der Waals surface area contributed by atoms with Gasteiger partial charge in [-0.3, -0.25) is 15.1 Å². The van der Waals surface area contributed by atoms with Crippen molar-refractivity contribution < 1.29 is 14.4 Å². The number of nitro groups is 1. The predicted octanol–water partition coefficient (Wildman–Crippen LogP) is 6.37. The van der Waals surface area contributed by atoms with Crippen molar-refractivity contribution in [3.05, 3.63) is 106 Å². The highest BCUT2D eigenvalue weighted by molar-refractivity contribution is 7.80. The number of aryl methyl sites for hydroxylation is 1. The van der Waals surface area contributed by atoms with Crippen LogP contribution in [0.1, 0.15) is 48.6 Å². The molecule has 0 spiro atoms. The van der Waals surface area contributed by atoms with Crippen LogP contribution < -0.4 is 19.7 Å². The van der Waals surface area contributed by atoms with E-state index in [2.05, 4.69) is 25.8 Å². The molecule has 2 aromatic heterocycles. The number of hydrogen-bond acceptors (Lipinski definition) is 6. The van der Waals surface area contributed by atoms with Crippen LogP contribution in [-0.2, 0) is 0 Å². The first-order chi connectivity index (χ1) is 19.2. The van der Waals surface area contributed by atoms with Crippen LogP contribution in [0.15, 0.2) is 72.9 Å². The van der Waals surface area contributed by atoms with Gasteiger partial charge >= 0.3 is 0 Å². The largest absolute Gasteiger partial charge is 0.494 e. The zero-order valence-electron chi connectivity index (χ0n) is 23.0. The number of hydrogen-bond donors (Lipinski definition) is 1. The van der Waals surface area contributed by atoms with Gasteiger partial charge in [-0.25, -0.2) is 0 Å². The molecule has 10 heteroatoms. The number of thiocarbonyl (C=S) groups is 1.